The lowest BCUT2D eigenvalue weighted by Crippen LogP contribution is -2.59. The molecule has 1 atom stereocenters. The molecule has 0 aliphatic carbocycles. The molecule has 2 amide bonds. The number of hydrogen-bond donors (Lipinski definition) is 3. The van der Waals surface area contributed by atoms with Gasteiger partial charge in [0.2, 0.25) is 21.8 Å². The molecule has 2 aliphatic rings. The monoisotopic (exact) mass is 585 g/mol. The van der Waals surface area contributed by atoms with E-state index in [-0.39, 0.29) is 43.5 Å². The zero-order valence-corrected chi connectivity index (χ0v) is 24.5. The topological polar surface area (TPSA) is 147 Å². The number of nitrogens with zero attached hydrogens (tertiary/aromatic N) is 2. The van der Waals surface area contributed by atoms with Crippen LogP contribution >= 0.6 is 0 Å². The molecule has 1 aromatic carbocycles. The van der Waals surface area contributed by atoms with E-state index < -0.39 is 33.9 Å². The van der Waals surface area contributed by atoms with Crippen molar-refractivity contribution in [2.45, 2.75) is 63.3 Å². The minimum absolute atomic E-state index is 0.0130. The smallest absolute Gasteiger partial charge is 0.330 e. The summed E-state index contributed by atoms with van der Waals surface area (Å²) >= 11 is 0. The highest BCUT2D eigenvalue weighted by Gasteiger charge is 2.41. The fourth-order valence-electron chi connectivity index (χ4n) is 4.79. The number of hydrogen-bond acceptors (Lipinski definition) is 8. The highest BCUT2D eigenvalue weighted by atomic mass is 32.2. The van der Waals surface area contributed by atoms with Crippen molar-refractivity contribution in [3.8, 4) is 0 Å². The number of esters is 1. The molecule has 1 saturated heterocycles. The van der Waals surface area contributed by atoms with E-state index in [1.807, 2.05) is 13.0 Å². The molecule has 1 unspecified atom stereocenters. The molecule has 2 aliphatic heterocycles. The Hall–Kier alpha value is -3.51. The van der Waals surface area contributed by atoms with Gasteiger partial charge in [0.05, 0.1) is 17.4 Å². The summed E-state index contributed by atoms with van der Waals surface area (Å²) in [6, 6.07) is 9.61. The number of unbranched alkanes of at least 4 members (excludes halogenated alkanes) is 1. The number of carbonyl (C=O) groups is 3. The number of anilines is 1. The Labute approximate surface area is 241 Å². The lowest BCUT2D eigenvalue weighted by molar-refractivity contribution is -0.148. The molecule has 3 N–H and O–H groups in total. The maximum Gasteiger partial charge on any atom is 0.330 e. The van der Waals surface area contributed by atoms with Crippen LogP contribution in [0.1, 0.15) is 49.4 Å². The van der Waals surface area contributed by atoms with Crippen LogP contribution in [0, 0.1) is 12.8 Å². The number of pyridine rings is 1. The Morgan fingerprint density at radius 3 is 2.61 bits per heavy atom. The van der Waals surface area contributed by atoms with Gasteiger partial charge in [-0.05, 0) is 69.7 Å². The highest BCUT2D eigenvalue weighted by Crippen LogP contribution is 2.25. The van der Waals surface area contributed by atoms with Gasteiger partial charge in [-0.15, -0.1) is 0 Å². The van der Waals surface area contributed by atoms with Gasteiger partial charge in [-0.25, -0.2) is 18.2 Å². The Kier molecular flexibility index (Phi) is 10.3. The third-order valence-corrected chi connectivity index (χ3v) is 9.15. The van der Waals surface area contributed by atoms with E-state index >= 15 is 0 Å². The number of benzene rings is 1. The summed E-state index contributed by atoms with van der Waals surface area (Å²) in [6.07, 6.45) is 4.64. The van der Waals surface area contributed by atoms with Crippen LogP contribution < -0.4 is 16.0 Å². The average Bonchev–Trinajstić information content (AvgIpc) is 2.92. The molecule has 4 rings (SSSR count). The summed E-state index contributed by atoms with van der Waals surface area (Å²) in [6.45, 7) is 4.50. The molecule has 0 spiro atoms. The van der Waals surface area contributed by atoms with Crippen LogP contribution in [0.3, 0.4) is 0 Å². The van der Waals surface area contributed by atoms with E-state index in [4.69, 9.17) is 4.74 Å². The Bertz CT molecular complexity index is 1340. The van der Waals surface area contributed by atoms with Crippen molar-refractivity contribution in [3.05, 3.63) is 53.2 Å². The molecule has 0 saturated carbocycles. The fourth-order valence-corrected chi connectivity index (χ4v) is 6.32. The van der Waals surface area contributed by atoms with Gasteiger partial charge in [-0.1, -0.05) is 23.8 Å². The van der Waals surface area contributed by atoms with E-state index in [0.29, 0.717) is 6.42 Å². The first kappa shape index (κ1) is 30.4. The zero-order chi connectivity index (χ0) is 29.4. The van der Waals surface area contributed by atoms with Crippen molar-refractivity contribution < 1.29 is 27.5 Å². The standard InChI is InChI=1S/C29H39N5O6S/c1-3-40-29(37)25(33-28(36)22-18-34(19-22)41(38,39)24-14-10-20(2)11-15-24)17-31-26(35)9-5-4-8-23-13-12-21-7-6-16-30-27(21)32-23/h10-15,22,25H,3-9,16-19H2,1-2H3,(H,30,32)(H,31,35)(H,33,36). The number of ether oxygens (including phenoxy) is 1. The third-order valence-electron chi connectivity index (χ3n) is 7.31. The van der Waals surface area contributed by atoms with Crippen LogP contribution in [0.15, 0.2) is 41.3 Å². The van der Waals surface area contributed by atoms with Gasteiger partial charge in [-0.2, -0.15) is 4.31 Å². The minimum atomic E-state index is -3.70. The zero-order valence-electron chi connectivity index (χ0n) is 23.6. The normalized spacial score (nSPS) is 16.0. The second-order valence-corrected chi connectivity index (χ2v) is 12.4. The highest BCUT2D eigenvalue weighted by molar-refractivity contribution is 7.89. The van der Waals surface area contributed by atoms with Crippen molar-refractivity contribution in [2.24, 2.45) is 5.92 Å². The molecule has 41 heavy (non-hydrogen) atoms. The van der Waals surface area contributed by atoms with Crippen LogP contribution in [-0.4, -0.2) is 74.3 Å². The molecular weight excluding hydrogens is 546 g/mol. The number of nitrogens with one attached hydrogen (secondary N) is 3. The number of aromatic nitrogens is 1. The molecule has 2 aromatic rings. The lowest BCUT2D eigenvalue weighted by atomic mass is 10.0. The summed E-state index contributed by atoms with van der Waals surface area (Å²) in [5, 5.41) is 8.67. The van der Waals surface area contributed by atoms with Gasteiger partial charge < -0.3 is 20.7 Å². The molecular formula is C29H39N5O6S. The first-order valence-corrected chi connectivity index (χ1v) is 15.6. The number of fused-ring (bicyclic) bond motifs is 1. The molecule has 222 valence electrons. The summed E-state index contributed by atoms with van der Waals surface area (Å²) in [5.41, 5.74) is 3.18. The van der Waals surface area contributed by atoms with Crippen LogP contribution in [0.25, 0.3) is 0 Å². The minimum Gasteiger partial charge on any atom is -0.464 e. The van der Waals surface area contributed by atoms with E-state index in [1.165, 1.54) is 9.87 Å². The Morgan fingerprint density at radius 1 is 1.12 bits per heavy atom. The molecule has 3 heterocycles. The van der Waals surface area contributed by atoms with Gasteiger partial charge in [0, 0.05) is 38.3 Å². The largest absolute Gasteiger partial charge is 0.464 e. The Balaban J connectivity index is 1.20. The van der Waals surface area contributed by atoms with E-state index in [0.717, 1.165) is 49.3 Å². The van der Waals surface area contributed by atoms with Gasteiger partial charge in [0.25, 0.3) is 0 Å². The predicted molar refractivity (Wildman–Crippen MR) is 154 cm³/mol. The lowest BCUT2D eigenvalue weighted by Gasteiger charge is -2.37. The van der Waals surface area contributed by atoms with E-state index in [2.05, 4.69) is 27.0 Å². The molecule has 0 bridgehead atoms. The van der Waals surface area contributed by atoms with Crippen molar-refractivity contribution in [1.29, 1.82) is 0 Å². The number of amides is 2. The van der Waals surface area contributed by atoms with Gasteiger partial charge in [-0.3, -0.25) is 9.59 Å². The molecule has 1 aromatic heterocycles. The number of rotatable bonds is 13. The van der Waals surface area contributed by atoms with Crippen LogP contribution in [-0.2, 0) is 42.0 Å². The van der Waals surface area contributed by atoms with Crippen LogP contribution in [0.4, 0.5) is 5.82 Å². The molecule has 0 radical (unpaired) electrons. The second kappa shape index (κ2) is 13.9. The van der Waals surface area contributed by atoms with Gasteiger partial charge >= 0.3 is 5.97 Å². The third kappa shape index (κ3) is 8.04. The predicted octanol–water partition coefficient (Wildman–Crippen LogP) is 1.95. The van der Waals surface area contributed by atoms with Crippen LogP contribution in [0.2, 0.25) is 0 Å². The van der Waals surface area contributed by atoms with Crippen molar-refractivity contribution in [3.63, 3.8) is 0 Å². The number of aryl methyl sites for hydroxylation is 3. The van der Waals surface area contributed by atoms with Crippen molar-refractivity contribution >= 4 is 33.6 Å². The molecule has 12 heteroatoms. The number of sulfonamides is 1. The number of carbonyl (C=O) groups excluding carboxylic acids is 3. The average molecular weight is 586 g/mol. The summed E-state index contributed by atoms with van der Waals surface area (Å²) < 4.78 is 31.9. The fraction of sp³-hybridized carbons (Fsp3) is 0.517. The van der Waals surface area contributed by atoms with E-state index in [9.17, 15) is 22.8 Å². The van der Waals surface area contributed by atoms with Crippen LogP contribution in [0.5, 0.6) is 0 Å². The quantitative estimate of drug-likeness (QED) is 0.239. The van der Waals surface area contributed by atoms with Crippen molar-refractivity contribution in [2.75, 3.05) is 38.1 Å². The van der Waals surface area contributed by atoms with Gasteiger partial charge in [0.15, 0.2) is 0 Å². The first-order chi connectivity index (χ1) is 19.7. The van der Waals surface area contributed by atoms with Crippen molar-refractivity contribution in [1.82, 2.24) is 19.9 Å². The summed E-state index contributed by atoms with van der Waals surface area (Å²) in [5.74, 6) is -0.986. The summed E-state index contributed by atoms with van der Waals surface area (Å²) in [7, 11) is -3.70. The van der Waals surface area contributed by atoms with Gasteiger partial charge in [0.1, 0.15) is 11.9 Å². The Morgan fingerprint density at radius 2 is 1.88 bits per heavy atom. The first-order valence-electron chi connectivity index (χ1n) is 14.2. The summed E-state index contributed by atoms with van der Waals surface area (Å²) in [4.78, 5) is 42.6. The molecule has 11 nitrogen and oxygen atoms in total. The molecule has 1 fully saturated rings. The maximum atomic E-state index is 12.8. The maximum absolute atomic E-state index is 12.8. The second-order valence-electron chi connectivity index (χ2n) is 10.5. The van der Waals surface area contributed by atoms with E-state index in [1.54, 1.807) is 31.2 Å². The SMILES string of the molecule is CCOC(=O)C(CNC(=O)CCCCc1ccc2c(n1)NCCC2)NC(=O)C1CN(S(=O)(=O)c2ccc(C)cc2)C1.